The Morgan fingerprint density at radius 1 is 1.03 bits per heavy atom. The average molecular weight is 495 g/mol. The van der Waals surface area contributed by atoms with E-state index in [2.05, 4.69) is 5.32 Å². The van der Waals surface area contributed by atoms with Gasteiger partial charge >= 0.3 is 0 Å². The van der Waals surface area contributed by atoms with Crippen LogP contribution in [0.25, 0.3) is 0 Å². The van der Waals surface area contributed by atoms with Crippen molar-refractivity contribution in [2.75, 3.05) is 41.0 Å². The number of benzene rings is 2. The van der Waals surface area contributed by atoms with Crippen molar-refractivity contribution in [3.63, 3.8) is 0 Å². The molecule has 1 aliphatic heterocycles. The highest BCUT2D eigenvalue weighted by atomic mass is 35.5. The van der Waals surface area contributed by atoms with Crippen LogP contribution in [0.1, 0.15) is 35.2 Å². The highest BCUT2D eigenvalue weighted by Gasteiger charge is 2.41. The van der Waals surface area contributed by atoms with Gasteiger partial charge in [0.25, 0.3) is 5.91 Å². The van der Waals surface area contributed by atoms with Crippen molar-refractivity contribution < 1.29 is 23.8 Å². The van der Waals surface area contributed by atoms with Gasteiger partial charge in [0.05, 0.1) is 37.8 Å². The van der Waals surface area contributed by atoms with E-state index in [1.54, 1.807) is 31.3 Å². The summed E-state index contributed by atoms with van der Waals surface area (Å²) in [5, 5.41) is 3.69. The van der Waals surface area contributed by atoms with Gasteiger partial charge in [0.2, 0.25) is 11.7 Å². The number of nitrogens with zero attached hydrogens (tertiary/aromatic N) is 1. The lowest BCUT2D eigenvalue weighted by molar-refractivity contribution is -0.124. The summed E-state index contributed by atoms with van der Waals surface area (Å²) in [6, 6.07) is 8.42. The zero-order valence-electron chi connectivity index (χ0n) is 19.1. The van der Waals surface area contributed by atoms with E-state index < -0.39 is 5.92 Å². The summed E-state index contributed by atoms with van der Waals surface area (Å²) in [4.78, 5) is 28.0. The van der Waals surface area contributed by atoms with E-state index in [0.29, 0.717) is 40.9 Å². The Hall–Kier alpha value is -2.64. The first-order valence-corrected chi connectivity index (χ1v) is 11.4. The van der Waals surface area contributed by atoms with Crippen molar-refractivity contribution in [2.45, 2.75) is 19.3 Å². The molecule has 1 saturated heterocycles. The van der Waals surface area contributed by atoms with Crippen LogP contribution in [0.2, 0.25) is 10.0 Å². The number of carbonyl (C=O) groups excluding carboxylic acids is 2. The average Bonchev–Trinajstić information content (AvgIpc) is 3.26. The van der Waals surface area contributed by atoms with Crippen LogP contribution in [-0.2, 0) is 4.79 Å². The van der Waals surface area contributed by atoms with E-state index in [0.717, 1.165) is 12.0 Å². The SMILES string of the molecule is CCCNC(=O)[C@H]1CN(C(=O)c2ccc(Cl)cc2Cl)C[C@H]1c1cc(OC)c(OC)c(OC)c1. The Kier molecular flexibility index (Phi) is 8.32. The van der Waals surface area contributed by atoms with E-state index in [9.17, 15) is 9.59 Å². The molecule has 2 aromatic rings. The van der Waals surface area contributed by atoms with Gasteiger partial charge < -0.3 is 24.4 Å². The molecule has 0 bridgehead atoms. The summed E-state index contributed by atoms with van der Waals surface area (Å²) in [7, 11) is 4.62. The number of likely N-dealkylation sites (tertiary alicyclic amines) is 1. The number of nitrogens with one attached hydrogen (secondary N) is 1. The van der Waals surface area contributed by atoms with Gasteiger partial charge in [-0.05, 0) is 42.3 Å². The maximum Gasteiger partial charge on any atom is 0.255 e. The first-order valence-electron chi connectivity index (χ1n) is 10.7. The van der Waals surface area contributed by atoms with Crippen LogP contribution in [0.4, 0.5) is 0 Å². The summed E-state index contributed by atoms with van der Waals surface area (Å²) in [6.07, 6.45) is 0.816. The lowest BCUT2D eigenvalue weighted by atomic mass is 9.88. The molecule has 1 N–H and O–H groups in total. The standard InChI is InChI=1S/C24H28Cl2N2O5/c1-5-8-27-23(29)18-13-28(24(30)16-7-6-15(25)11-19(16)26)12-17(18)14-9-20(31-2)22(33-4)21(10-14)32-3/h6-7,9-11,17-18H,5,8,12-13H2,1-4H3,(H,27,29)/t17-,18-/m0/s1. The maximum atomic E-state index is 13.3. The van der Waals surface area contributed by atoms with Crippen LogP contribution in [-0.4, -0.2) is 57.7 Å². The van der Waals surface area contributed by atoms with Crippen molar-refractivity contribution in [2.24, 2.45) is 5.92 Å². The number of amides is 2. The van der Waals surface area contributed by atoms with Gasteiger partial charge in [-0.1, -0.05) is 30.1 Å². The Morgan fingerprint density at radius 3 is 2.24 bits per heavy atom. The van der Waals surface area contributed by atoms with Gasteiger partial charge in [0.1, 0.15) is 0 Å². The molecule has 9 heteroatoms. The summed E-state index contributed by atoms with van der Waals surface area (Å²) in [6.45, 7) is 3.15. The third-order valence-corrected chi connectivity index (χ3v) is 6.32. The molecule has 0 radical (unpaired) electrons. The first-order chi connectivity index (χ1) is 15.8. The summed E-state index contributed by atoms with van der Waals surface area (Å²) in [5.41, 5.74) is 1.16. The molecule has 1 fully saturated rings. The zero-order valence-corrected chi connectivity index (χ0v) is 20.6. The van der Waals surface area contributed by atoms with Crippen molar-refractivity contribution in [3.8, 4) is 17.2 Å². The molecule has 0 spiro atoms. The summed E-state index contributed by atoms with van der Waals surface area (Å²) < 4.78 is 16.4. The maximum absolute atomic E-state index is 13.3. The predicted octanol–water partition coefficient (Wildman–Crippen LogP) is 4.40. The molecule has 178 valence electrons. The molecule has 0 aromatic heterocycles. The fourth-order valence-electron chi connectivity index (χ4n) is 4.10. The van der Waals surface area contributed by atoms with Gasteiger partial charge in [-0.3, -0.25) is 9.59 Å². The molecule has 0 aliphatic carbocycles. The molecular weight excluding hydrogens is 467 g/mol. The molecule has 3 rings (SSSR count). The number of halogens is 2. The molecule has 2 aromatic carbocycles. The molecular formula is C24H28Cl2N2O5. The van der Waals surface area contributed by atoms with Crippen LogP contribution in [0.5, 0.6) is 17.2 Å². The largest absolute Gasteiger partial charge is 0.493 e. The van der Waals surface area contributed by atoms with Crippen molar-refractivity contribution in [1.82, 2.24) is 10.2 Å². The van der Waals surface area contributed by atoms with Crippen LogP contribution < -0.4 is 19.5 Å². The Bertz CT molecular complexity index is 1000. The second kappa shape index (κ2) is 11.0. The third kappa shape index (κ3) is 5.31. The summed E-state index contributed by atoms with van der Waals surface area (Å²) in [5.74, 6) is 0.373. The number of ether oxygens (including phenoxy) is 3. The number of rotatable bonds is 8. The topological polar surface area (TPSA) is 77.1 Å². The van der Waals surface area contributed by atoms with Crippen LogP contribution in [0.3, 0.4) is 0 Å². The van der Waals surface area contributed by atoms with Crippen LogP contribution >= 0.6 is 23.2 Å². The Balaban J connectivity index is 1.99. The normalized spacial score (nSPS) is 17.6. The molecule has 1 heterocycles. The molecule has 1 aliphatic rings. The Labute approximate surface area is 203 Å². The quantitative estimate of drug-likeness (QED) is 0.588. The van der Waals surface area contributed by atoms with E-state index in [1.807, 2.05) is 19.1 Å². The van der Waals surface area contributed by atoms with Gasteiger partial charge in [-0.25, -0.2) is 0 Å². The monoisotopic (exact) mass is 494 g/mol. The molecule has 2 amide bonds. The minimum atomic E-state index is -0.450. The van der Waals surface area contributed by atoms with E-state index in [4.69, 9.17) is 37.4 Å². The number of methoxy groups -OCH3 is 3. The number of hydrogen-bond donors (Lipinski definition) is 1. The smallest absolute Gasteiger partial charge is 0.255 e. The number of hydrogen-bond acceptors (Lipinski definition) is 5. The van der Waals surface area contributed by atoms with Crippen molar-refractivity contribution >= 4 is 35.0 Å². The number of carbonyl (C=O) groups is 2. The molecule has 0 unspecified atom stereocenters. The van der Waals surface area contributed by atoms with Gasteiger partial charge in [-0.15, -0.1) is 0 Å². The highest BCUT2D eigenvalue weighted by molar-refractivity contribution is 6.36. The fourth-order valence-corrected chi connectivity index (χ4v) is 4.59. The van der Waals surface area contributed by atoms with Crippen LogP contribution in [0, 0.1) is 5.92 Å². The van der Waals surface area contributed by atoms with E-state index in [-0.39, 0.29) is 29.3 Å². The summed E-state index contributed by atoms with van der Waals surface area (Å²) >= 11 is 12.3. The Morgan fingerprint density at radius 2 is 1.70 bits per heavy atom. The van der Waals surface area contributed by atoms with Gasteiger partial charge in [-0.2, -0.15) is 0 Å². The predicted molar refractivity (Wildman–Crippen MR) is 128 cm³/mol. The molecule has 2 atom stereocenters. The second-order valence-corrected chi connectivity index (χ2v) is 8.64. The zero-order chi connectivity index (χ0) is 24.1. The van der Waals surface area contributed by atoms with Gasteiger partial charge in [0.15, 0.2) is 11.5 Å². The van der Waals surface area contributed by atoms with Gasteiger partial charge in [0, 0.05) is 30.6 Å². The molecule has 7 nitrogen and oxygen atoms in total. The lowest BCUT2D eigenvalue weighted by Gasteiger charge is -2.21. The fraction of sp³-hybridized carbons (Fsp3) is 0.417. The van der Waals surface area contributed by atoms with Crippen molar-refractivity contribution in [3.05, 3.63) is 51.5 Å². The first kappa shape index (κ1) is 25.0. The van der Waals surface area contributed by atoms with E-state index >= 15 is 0 Å². The minimum absolute atomic E-state index is 0.104. The molecule has 33 heavy (non-hydrogen) atoms. The van der Waals surface area contributed by atoms with Crippen LogP contribution in [0.15, 0.2) is 30.3 Å². The highest BCUT2D eigenvalue weighted by Crippen LogP contribution is 2.43. The third-order valence-electron chi connectivity index (χ3n) is 5.77. The molecule has 0 saturated carbocycles. The second-order valence-electron chi connectivity index (χ2n) is 7.80. The minimum Gasteiger partial charge on any atom is -0.493 e. The van der Waals surface area contributed by atoms with Crippen molar-refractivity contribution in [1.29, 1.82) is 0 Å². The lowest BCUT2D eigenvalue weighted by Crippen LogP contribution is -2.36. The van der Waals surface area contributed by atoms with E-state index in [1.165, 1.54) is 13.2 Å².